The fourth-order valence-electron chi connectivity index (χ4n) is 2.06. The summed E-state index contributed by atoms with van der Waals surface area (Å²) in [6.07, 6.45) is 3.78. The average molecular weight is 255 g/mol. The number of nitrogens with zero attached hydrogens (tertiary/aromatic N) is 2. The summed E-state index contributed by atoms with van der Waals surface area (Å²) in [5.74, 6) is 0.936. The Hall–Kier alpha value is -1.90. The van der Waals surface area contributed by atoms with Crippen LogP contribution in [0.15, 0.2) is 30.6 Å². The third-order valence-corrected chi connectivity index (χ3v) is 3.26. The van der Waals surface area contributed by atoms with Gasteiger partial charge < -0.3 is 5.32 Å². The highest BCUT2D eigenvalue weighted by Crippen LogP contribution is 2.25. The van der Waals surface area contributed by atoms with Crippen molar-refractivity contribution in [2.45, 2.75) is 33.6 Å². The van der Waals surface area contributed by atoms with Crippen molar-refractivity contribution in [3.05, 3.63) is 41.7 Å². The minimum absolute atomic E-state index is 0.936. The van der Waals surface area contributed by atoms with E-state index in [1.165, 1.54) is 5.56 Å². The SMILES string of the molecule is CCCNc1ncnc(-c2ccc(CC)cc2)c1C. The second kappa shape index (κ2) is 6.32. The fraction of sp³-hybridized carbons (Fsp3) is 0.375. The van der Waals surface area contributed by atoms with Crippen LogP contribution in [0.1, 0.15) is 31.4 Å². The molecule has 2 rings (SSSR count). The van der Waals surface area contributed by atoms with Crippen molar-refractivity contribution in [3.63, 3.8) is 0 Å². The molecule has 0 bridgehead atoms. The van der Waals surface area contributed by atoms with Crippen molar-refractivity contribution in [1.82, 2.24) is 9.97 Å². The van der Waals surface area contributed by atoms with E-state index in [0.717, 1.165) is 42.0 Å². The van der Waals surface area contributed by atoms with Gasteiger partial charge in [0, 0.05) is 17.7 Å². The summed E-state index contributed by atoms with van der Waals surface area (Å²) < 4.78 is 0. The van der Waals surface area contributed by atoms with E-state index in [2.05, 4.69) is 60.3 Å². The lowest BCUT2D eigenvalue weighted by atomic mass is 10.0. The monoisotopic (exact) mass is 255 g/mol. The lowest BCUT2D eigenvalue weighted by molar-refractivity contribution is 0.960. The molecule has 0 atom stereocenters. The number of anilines is 1. The minimum atomic E-state index is 0.936. The van der Waals surface area contributed by atoms with Crippen LogP contribution in [0.3, 0.4) is 0 Å². The van der Waals surface area contributed by atoms with Crippen molar-refractivity contribution in [3.8, 4) is 11.3 Å². The Balaban J connectivity index is 2.32. The summed E-state index contributed by atoms with van der Waals surface area (Å²) in [6, 6.07) is 8.60. The predicted molar refractivity (Wildman–Crippen MR) is 80.4 cm³/mol. The Kier molecular flexibility index (Phi) is 4.50. The van der Waals surface area contributed by atoms with E-state index in [4.69, 9.17) is 0 Å². The van der Waals surface area contributed by atoms with Gasteiger partial charge in [-0.05, 0) is 25.3 Å². The van der Waals surface area contributed by atoms with Gasteiger partial charge in [0.25, 0.3) is 0 Å². The van der Waals surface area contributed by atoms with E-state index in [1.807, 2.05) is 0 Å². The zero-order valence-corrected chi connectivity index (χ0v) is 11.9. The molecule has 1 aromatic heterocycles. The lowest BCUT2D eigenvalue weighted by Gasteiger charge is -2.11. The predicted octanol–water partition coefficient (Wildman–Crippen LogP) is 3.84. The Labute approximate surface area is 115 Å². The van der Waals surface area contributed by atoms with Crippen LogP contribution in [-0.2, 0) is 6.42 Å². The minimum Gasteiger partial charge on any atom is -0.370 e. The van der Waals surface area contributed by atoms with E-state index in [9.17, 15) is 0 Å². The van der Waals surface area contributed by atoms with Crippen molar-refractivity contribution in [2.75, 3.05) is 11.9 Å². The molecule has 1 aromatic carbocycles. The highest BCUT2D eigenvalue weighted by Gasteiger charge is 2.08. The number of hydrogen-bond acceptors (Lipinski definition) is 3. The Morgan fingerprint density at radius 2 is 1.79 bits per heavy atom. The molecule has 3 heteroatoms. The molecule has 3 nitrogen and oxygen atoms in total. The van der Waals surface area contributed by atoms with Crippen LogP contribution >= 0.6 is 0 Å². The molecule has 0 radical (unpaired) electrons. The number of benzene rings is 1. The first-order valence-electron chi connectivity index (χ1n) is 6.91. The van der Waals surface area contributed by atoms with Crippen LogP contribution < -0.4 is 5.32 Å². The third-order valence-electron chi connectivity index (χ3n) is 3.26. The summed E-state index contributed by atoms with van der Waals surface area (Å²) in [5.41, 5.74) is 4.62. The molecule has 2 aromatic rings. The standard InChI is InChI=1S/C16H21N3/c1-4-10-17-16-12(3)15(18-11-19-16)14-8-6-13(5-2)7-9-14/h6-9,11H,4-5,10H2,1-3H3,(H,17,18,19). The Morgan fingerprint density at radius 1 is 1.05 bits per heavy atom. The smallest absolute Gasteiger partial charge is 0.132 e. The number of rotatable bonds is 5. The van der Waals surface area contributed by atoms with Gasteiger partial charge in [-0.1, -0.05) is 38.1 Å². The van der Waals surface area contributed by atoms with Crippen LogP contribution in [-0.4, -0.2) is 16.5 Å². The molecule has 1 N–H and O–H groups in total. The molecule has 0 aliphatic rings. The van der Waals surface area contributed by atoms with E-state index in [-0.39, 0.29) is 0 Å². The Bertz CT molecular complexity index is 532. The molecule has 0 saturated carbocycles. The largest absolute Gasteiger partial charge is 0.370 e. The highest BCUT2D eigenvalue weighted by molar-refractivity contribution is 5.67. The first kappa shape index (κ1) is 13.5. The second-order valence-corrected chi connectivity index (χ2v) is 4.67. The van der Waals surface area contributed by atoms with Crippen LogP contribution in [0.25, 0.3) is 11.3 Å². The quantitative estimate of drug-likeness (QED) is 0.882. The topological polar surface area (TPSA) is 37.8 Å². The fourth-order valence-corrected chi connectivity index (χ4v) is 2.06. The molecular weight excluding hydrogens is 234 g/mol. The van der Waals surface area contributed by atoms with Crippen molar-refractivity contribution >= 4 is 5.82 Å². The maximum Gasteiger partial charge on any atom is 0.132 e. The van der Waals surface area contributed by atoms with Gasteiger partial charge in [-0.3, -0.25) is 0 Å². The van der Waals surface area contributed by atoms with Crippen LogP contribution in [0.5, 0.6) is 0 Å². The average Bonchev–Trinajstić information content (AvgIpc) is 2.46. The Morgan fingerprint density at radius 3 is 2.42 bits per heavy atom. The first-order valence-corrected chi connectivity index (χ1v) is 6.91. The first-order chi connectivity index (χ1) is 9.26. The summed E-state index contributed by atoms with van der Waals surface area (Å²) in [4.78, 5) is 8.74. The maximum absolute atomic E-state index is 4.42. The van der Waals surface area contributed by atoms with Gasteiger partial charge in [-0.25, -0.2) is 9.97 Å². The summed E-state index contributed by atoms with van der Waals surface area (Å²) in [5, 5.41) is 3.34. The highest BCUT2D eigenvalue weighted by atomic mass is 15.0. The number of aryl methyl sites for hydroxylation is 1. The lowest BCUT2D eigenvalue weighted by Crippen LogP contribution is -2.05. The van der Waals surface area contributed by atoms with E-state index < -0.39 is 0 Å². The van der Waals surface area contributed by atoms with Crippen molar-refractivity contribution < 1.29 is 0 Å². The molecule has 0 aliphatic heterocycles. The van der Waals surface area contributed by atoms with Crippen molar-refractivity contribution in [2.24, 2.45) is 0 Å². The van der Waals surface area contributed by atoms with Gasteiger partial charge in [-0.2, -0.15) is 0 Å². The zero-order chi connectivity index (χ0) is 13.7. The molecular formula is C16H21N3. The number of aromatic nitrogens is 2. The van der Waals surface area contributed by atoms with Gasteiger partial charge >= 0.3 is 0 Å². The normalized spacial score (nSPS) is 10.5. The van der Waals surface area contributed by atoms with Gasteiger partial charge in [0.15, 0.2) is 0 Å². The molecule has 0 fully saturated rings. The van der Waals surface area contributed by atoms with E-state index in [1.54, 1.807) is 6.33 Å². The van der Waals surface area contributed by atoms with Crippen LogP contribution in [0.2, 0.25) is 0 Å². The molecule has 0 amide bonds. The maximum atomic E-state index is 4.42. The number of hydrogen-bond donors (Lipinski definition) is 1. The molecule has 100 valence electrons. The van der Waals surface area contributed by atoms with Crippen molar-refractivity contribution in [1.29, 1.82) is 0 Å². The van der Waals surface area contributed by atoms with Crippen LogP contribution in [0.4, 0.5) is 5.82 Å². The second-order valence-electron chi connectivity index (χ2n) is 4.67. The van der Waals surface area contributed by atoms with Gasteiger partial charge in [0.1, 0.15) is 12.1 Å². The zero-order valence-electron chi connectivity index (χ0n) is 11.9. The molecule has 0 saturated heterocycles. The van der Waals surface area contributed by atoms with Crippen LogP contribution in [0, 0.1) is 6.92 Å². The third kappa shape index (κ3) is 3.11. The molecule has 1 heterocycles. The van der Waals surface area contributed by atoms with Gasteiger partial charge in [-0.15, -0.1) is 0 Å². The molecule has 0 aliphatic carbocycles. The van der Waals surface area contributed by atoms with Gasteiger partial charge in [0.05, 0.1) is 5.69 Å². The van der Waals surface area contributed by atoms with E-state index in [0.29, 0.717) is 0 Å². The number of nitrogens with one attached hydrogen (secondary N) is 1. The van der Waals surface area contributed by atoms with Gasteiger partial charge in [0.2, 0.25) is 0 Å². The molecule has 0 spiro atoms. The summed E-state index contributed by atoms with van der Waals surface area (Å²) >= 11 is 0. The molecule has 0 unspecified atom stereocenters. The summed E-state index contributed by atoms with van der Waals surface area (Å²) in [6.45, 7) is 7.32. The van der Waals surface area contributed by atoms with E-state index >= 15 is 0 Å². The molecule has 19 heavy (non-hydrogen) atoms. The summed E-state index contributed by atoms with van der Waals surface area (Å²) in [7, 11) is 0.